The third-order valence-electron chi connectivity index (χ3n) is 4.05. The molecule has 0 fully saturated rings. The highest BCUT2D eigenvalue weighted by atomic mass is 16.5. The minimum Gasteiger partial charge on any atom is -0.332 e. The normalized spacial score (nSPS) is 17.7. The zero-order valence-corrected chi connectivity index (χ0v) is 11.8. The molecule has 0 amide bonds. The fourth-order valence-electron chi connectivity index (χ4n) is 3.03. The number of rotatable bonds is 2. The van der Waals surface area contributed by atoms with Gasteiger partial charge in [0.2, 0.25) is 0 Å². The van der Waals surface area contributed by atoms with Crippen molar-refractivity contribution < 1.29 is 4.52 Å². The first kappa shape index (κ1) is 12.3. The molecule has 1 atom stereocenters. The third kappa shape index (κ3) is 2.14. The van der Waals surface area contributed by atoms with Gasteiger partial charge < -0.3 is 4.52 Å². The SMILES string of the molecule is Cc1cc(-c2nc([C@@H]3CCCc4ccccc43)no2)n[nH]1. The Bertz CT molecular complexity index is 774. The average Bonchev–Trinajstić information content (AvgIpc) is 3.15. The minimum absolute atomic E-state index is 0.229. The molecule has 1 N–H and O–H groups in total. The smallest absolute Gasteiger partial charge is 0.278 e. The minimum atomic E-state index is 0.229. The first-order valence-corrected chi connectivity index (χ1v) is 7.25. The second-order valence-electron chi connectivity index (χ2n) is 5.54. The van der Waals surface area contributed by atoms with Crippen molar-refractivity contribution in [2.45, 2.75) is 32.1 Å². The highest BCUT2D eigenvalue weighted by molar-refractivity contribution is 5.47. The summed E-state index contributed by atoms with van der Waals surface area (Å²) in [4.78, 5) is 4.56. The Morgan fingerprint density at radius 1 is 1.29 bits per heavy atom. The number of hydrogen-bond donors (Lipinski definition) is 1. The van der Waals surface area contributed by atoms with Gasteiger partial charge in [-0.05, 0) is 43.4 Å². The van der Waals surface area contributed by atoms with Crippen molar-refractivity contribution in [3.05, 3.63) is 53.0 Å². The predicted octanol–water partition coefficient (Wildman–Crippen LogP) is 3.24. The van der Waals surface area contributed by atoms with E-state index in [4.69, 9.17) is 4.52 Å². The molecule has 106 valence electrons. The van der Waals surface area contributed by atoms with Gasteiger partial charge in [-0.25, -0.2) is 0 Å². The molecule has 0 spiro atoms. The molecule has 0 bridgehead atoms. The molecule has 2 aromatic heterocycles. The summed E-state index contributed by atoms with van der Waals surface area (Å²) in [5, 5.41) is 11.2. The van der Waals surface area contributed by atoms with Gasteiger partial charge in [-0.1, -0.05) is 29.4 Å². The molecule has 1 aliphatic carbocycles. The summed E-state index contributed by atoms with van der Waals surface area (Å²) in [6.45, 7) is 1.95. The van der Waals surface area contributed by atoms with Crippen molar-refractivity contribution in [2.24, 2.45) is 0 Å². The van der Waals surface area contributed by atoms with Gasteiger partial charge in [0.05, 0.1) is 0 Å². The van der Waals surface area contributed by atoms with Crippen molar-refractivity contribution >= 4 is 0 Å². The van der Waals surface area contributed by atoms with E-state index in [-0.39, 0.29) is 5.92 Å². The van der Waals surface area contributed by atoms with E-state index in [1.54, 1.807) is 0 Å². The van der Waals surface area contributed by atoms with Gasteiger partial charge in [-0.2, -0.15) is 10.1 Å². The maximum atomic E-state index is 5.39. The van der Waals surface area contributed by atoms with Crippen LogP contribution >= 0.6 is 0 Å². The number of aryl methyl sites for hydroxylation is 2. The number of aromatic nitrogens is 4. The summed E-state index contributed by atoms with van der Waals surface area (Å²) < 4.78 is 5.39. The van der Waals surface area contributed by atoms with Crippen LogP contribution in [0.2, 0.25) is 0 Å². The molecule has 1 aromatic carbocycles. The Morgan fingerprint density at radius 3 is 3.05 bits per heavy atom. The topological polar surface area (TPSA) is 67.6 Å². The molecule has 0 aliphatic heterocycles. The number of nitrogens with zero attached hydrogens (tertiary/aromatic N) is 3. The van der Waals surface area contributed by atoms with E-state index >= 15 is 0 Å². The summed E-state index contributed by atoms with van der Waals surface area (Å²) in [5.74, 6) is 1.47. The third-order valence-corrected chi connectivity index (χ3v) is 4.05. The van der Waals surface area contributed by atoms with Crippen molar-refractivity contribution in [1.82, 2.24) is 20.3 Å². The molecule has 5 heteroatoms. The van der Waals surface area contributed by atoms with Crippen molar-refractivity contribution in [2.75, 3.05) is 0 Å². The Labute approximate surface area is 122 Å². The van der Waals surface area contributed by atoms with E-state index in [9.17, 15) is 0 Å². The summed E-state index contributed by atoms with van der Waals surface area (Å²) in [6, 6.07) is 10.4. The van der Waals surface area contributed by atoms with Crippen LogP contribution in [0.4, 0.5) is 0 Å². The molecule has 5 nitrogen and oxygen atoms in total. The highest BCUT2D eigenvalue weighted by Gasteiger charge is 2.26. The molecule has 0 radical (unpaired) electrons. The van der Waals surface area contributed by atoms with Crippen LogP contribution in [0.25, 0.3) is 11.6 Å². The largest absolute Gasteiger partial charge is 0.332 e. The van der Waals surface area contributed by atoms with E-state index in [0.717, 1.165) is 30.8 Å². The maximum Gasteiger partial charge on any atom is 0.278 e. The lowest BCUT2D eigenvalue weighted by atomic mass is 9.82. The van der Waals surface area contributed by atoms with Crippen LogP contribution in [0.3, 0.4) is 0 Å². The standard InChI is InChI=1S/C16H16N4O/c1-10-9-14(19-18-10)16-17-15(20-21-16)13-8-4-6-11-5-2-3-7-12(11)13/h2-3,5,7,9,13H,4,6,8H2,1H3,(H,18,19)/t13-/m1/s1. The number of fused-ring (bicyclic) bond motifs is 1. The van der Waals surface area contributed by atoms with Gasteiger partial charge in [0.25, 0.3) is 5.89 Å². The molecule has 21 heavy (non-hydrogen) atoms. The van der Waals surface area contributed by atoms with Crippen LogP contribution < -0.4 is 0 Å². The lowest BCUT2D eigenvalue weighted by Gasteiger charge is -2.22. The lowest BCUT2D eigenvalue weighted by molar-refractivity contribution is 0.414. The van der Waals surface area contributed by atoms with Crippen molar-refractivity contribution in [3.63, 3.8) is 0 Å². The summed E-state index contributed by atoms with van der Waals surface area (Å²) >= 11 is 0. The monoisotopic (exact) mass is 280 g/mol. The molecule has 0 unspecified atom stereocenters. The Hall–Kier alpha value is -2.43. The highest BCUT2D eigenvalue weighted by Crippen LogP contribution is 2.35. The van der Waals surface area contributed by atoms with E-state index in [2.05, 4.69) is 44.6 Å². The molecule has 4 rings (SSSR count). The quantitative estimate of drug-likeness (QED) is 0.782. The molecule has 0 saturated carbocycles. The first-order chi connectivity index (χ1) is 10.3. The maximum absolute atomic E-state index is 5.39. The van der Waals surface area contributed by atoms with Gasteiger partial charge >= 0.3 is 0 Å². The fourth-order valence-corrected chi connectivity index (χ4v) is 3.03. The Balaban J connectivity index is 1.71. The van der Waals surface area contributed by atoms with Gasteiger partial charge in [-0.15, -0.1) is 0 Å². The molecule has 2 heterocycles. The van der Waals surface area contributed by atoms with Crippen molar-refractivity contribution in [3.8, 4) is 11.6 Å². The van der Waals surface area contributed by atoms with E-state index in [1.807, 2.05) is 13.0 Å². The van der Waals surface area contributed by atoms with Crippen LogP contribution in [0, 0.1) is 6.92 Å². The van der Waals surface area contributed by atoms with Crippen molar-refractivity contribution in [1.29, 1.82) is 0 Å². The Morgan fingerprint density at radius 2 is 2.19 bits per heavy atom. The molecular weight excluding hydrogens is 264 g/mol. The number of benzene rings is 1. The summed E-state index contributed by atoms with van der Waals surface area (Å²) in [7, 11) is 0. The van der Waals surface area contributed by atoms with Gasteiger partial charge in [0.15, 0.2) is 11.5 Å². The van der Waals surface area contributed by atoms with Crippen LogP contribution in [0.5, 0.6) is 0 Å². The van der Waals surface area contributed by atoms with E-state index in [1.165, 1.54) is 11.1 Å². The predicted molar refractivity (Wildman–Crippen MR) is 77.8 cm³/mol. The Kier molecular flexibility index (Phi) is 2.84. The number of aromatic amines is 1. The lowest BCUT2D eigenvalue weighted by Crippen LogP contribution is -2.12. The summed E-state index contributed by atoms with van der Waals surface area (Å²) in [5.41, 5.74) is 4.41. The summed E-state index contributed by atoms with van der Waals surface area (Å²) in [6.07, 6.45) is 3.36. The average molecular weight is 280 g/mol. The number of hydrogen-bond acceptors (Lipinski definition) is 4. The van der Waals surface area contributed by atoms with Crippen LogP contribution in [0.15, 0.2) is 34.9 Å². The van der Waals surface area contributed by atoms with Gasteiger partial charge in [0.1, 0.15) is 0 Å². The van der Waals surface area contributed by atoms with Crippen LogP contribution in [-0.2, 0) is 6.42 Å². The van der Waals surface area contributed by atoms with Crippen LogP contribution in [-0.4, -0.2) is 20.3 Å². The van der Waals surface area contributed by atoms with Gasteiger partial charge in [-0.3, -0.25) is 5.10 Å². The second kappa shape index (κ2) is 4.84. The number of nitrogens with one attached hydrogen (secondary N) is 1. The van der Waals surface area contributed by atoms with E-state index < -0.39 is 0 Å². The molecule has 0 saturated heterocycles. The number of H-pyrrole nitrogens is 1. The van der Waals surface area contributed by atoms with Gasteiger partial charge in [0, 0.05) is 11.6 Å². The first-order valence-electron chi connectivity index (χ1n) is 7.25. The zero-order valence-electron chi connectivity index (χ0n) is 11.8. The molecule has 1 aliphatic rings. The van der Waals surface area contributed by atoms with Crippen LogP contribution in [0.1, 0.15) is 41.4 Å². The van der Waals surface area contributed by atoms with E-state index in [0.29, 0.717) is 11.6 Å². The fraction of sp³-hybridized carbons (Fsp3) is 0.312. The second-order valence-corrected chi connectivity index (χ2v) is 5.54. The molecular formula is C16H16N4O. The zero-order chi connectivity index (χ0) is 14.2. The molecule has 3 aromatic rings.